The Balaban J connectivity index is 2.70. The van der Waals surface area contributed by atoms with E-state index >= 15 is 0 Å². The van der Waals surface area contributed by atoms with Crippen molar-refractivity contribution in [3.63, 3.8) is 0 Å². The summed E-state index contributed by atoms with van der Waals surface area (Å²) in [4.78, 5) is 0. The van der Waals surface area contributed by atoms with Crippen molar-refractivity contribution in [1.29, 1.82) is 0 Å². The van der Waals surface area contributed by atoms with Crippen LogP contribution in [0, 0.1) is 0 Å². The van der Waals surface area contributed by atoms with Gasteiger partial charge in [-0.15, -0.1) is 0 Å². The summed E-state index contributed by atoms with van der Waals surface area (Å²) < 4.78 is 6.28. The van der Waals surface area contributed by atoms with Crippen LogP contribution in [0.4, 0.5) is 0 Å². The molecule has 20 heavy (non-hydrogen) atoms. The summed E-state index contributed by atoms with van der Waals surface area (Å²) in [6.45, 7) is 16.5. The lowest BCUT2D eigenvalue weighted by atomic mass is 10.1. The second-order valence-electron chi connectivity index (χ2n) is 7.35. The van der Waals surface area contributed by atoms with Crippen LogP contribution >= 0.6 is 0 Å². The summed E-state index contributed by atoms with van der Waals surface area (Å²) in [6, 6.07) is 8.76. The highest BCUT2D eigenvalue weighted by atomic mass is 28.4. The molecule has 0 atom stereocenters. The number of allylic oxidation sites excluding steroid dienone is 2. The fraction of sp³-hybridized carbons (Fsp3) is 0.556. The average Bonchev–Trinajstić information content (AvgIpc) is 2.33. The van der Waals surface area contributed by atoms with Gasteiger partial charge in [-0.2, -0.15) is 0 Å². The Morgan fingerprint density at radius 3 is 2.30 bits per heavy atom. The SMILES string of the molecule is CC(C)=CCc1cccc(CO[Si](C)(C)C(C)(C)C)c1. The average molecular weight is 291 g/mol. The summed E-state index contributed by atoms with van der Waals surface area (Å²) >= 11 is 0. The predicted molar refractivity (Wildman–Crippen MR) is 91.6 cm³/mol. The molecular weight excluding hydrogens is 260 g/mol. The topological polar surface area (TPSA) is 9.23 Å². The van der Waals surface area contributed by atoms with E-state index in [2.05, 4.69) is 78.1 Å². The molecule has 0 amide bonds. The standard InChI is InChI=1S/C18H30OSi/c1-15(2)11-12-16-9-8-10-17(13-16)14-19-20(6,7)18(3,4)5/h8-11,13H,12,14H2,1-7H3. The highest BCUT2D eigenvalue weighted by Crippen LogP contribution is 2.37. The van der Waals surface area contributed by atoms with Gasteiger partial charge in [0.25, 0.3) is 0 Å². The molecular formula is C18H30OSi. The van der Waals surface area contributed by atoms with E-state index in [-0.39, 0.29) is 5.04 Å². The highest BCUT2D eigenvalue weighted by Gasteiger charge is 2.36. The van der Waals surface area contributed by atoms with Gasteiger partial charge in [0.05, 0.1) is 6.61 Å². The number of hydrogen-bond donors (Lipinski definition) is 0. The molecule has 0 aromatic heterocycles. The Kier molecular flexibility index (Phi) is 5.78. The quantitative estimate of drug-likeness (QED) is 0.498. The van der Waals surface area contributed by atoms with Crippen LogP contribution in [-0.4, -0.2) is 8.32 Å². The van der Waals surface area contributed by atoms with Crippen molar-refractivity contribution < 1.29 is 4.43 Å². The highest BCUT2D eigenvalue weighted by molar-refractivity contribution is 6.74. The molecule has 0 unspecified atom stereocenters. The van der Waals surface area contributed by atoms with E-state index in [9.17, 15) is 0 Å². The Morgan fingerprint density at radius 2 is 1.75 bits per heavy atom. The Bertz CT molecular complexity index is 463. The van der Waals surface area contributed by atoms with E-state index < -0.39 is 8.32 Å². The summed E-state index contributed by atoms with van der Waals surface area (Å²) in [5.74, 6) is 0. The van der Waals surface area contributed by atoms with Crippen molar-refractivity contribution in [3.05, 3.63) is 47.0 Å². The van der Waals surface area contributed by atoms with Crippen LogP contribution in [0.2, 0.25) is 18.1 Å². The first kappa shape index (κ1) is 17.2. The smallest absolute Gasteiger partial charge is 0.192 e. The first-order valence-corrected chi connectivity index (χ1v) is 10.4. The third kappa shape index (κ3) is 5.26. The first-order chi connectivity index (χ1) is 9.12. The lowest BCUT2D eigenvalue weighted by Gasteiger charge is -2.36. The molecule has 0 radical (unpaired) electrons. The van der Waals surface area contributed by atoms with Gasteiger partial charge in [0, 0.05) is 0 Å². The maximum Gasteiger partial charge on any atom is 0.192 e. The van der Waals surface area contributed by atoms with Crippen molar-refractivity contribution in [1.82, 2.24) is 0 Å². The molecule has 0 aliphatic heterocycles. The molecule has 0 N–H and O–H groups in total. The van der Waals surface area contributed by atoms with E-state index in [0.717, 1.165) is 13.0 Å². The minimum atomic E-state index is -1.65. The van der Waals surface area contributed by atoms with Gasteiger partial charge in [0.1, 0.15) is 0 Å². The summed E-state index contributed by atoms with van der Waals surface area (Å²) in [5, 5.41) is 0.271. The fourth-order valence-electron chi connectivity index (χ4n) is 1.65. The molecule has 0 aliphatic rings. The van der Waals surface area contributed by atoms with E-state index in [1.165, 1.54) is 16.7 Å². The Labute approximate surface area is 126 Å². The van der Waals surface area contributed by atoms with E-state index in [0.29, 0.717) is 0 Å². The van der Waals surface area contributed by atoms with Gasteiger partial charge >= 0.3 is 0 Å². The molecule has 0 saturated heterocycles. The summed E-state index contributed by atoms with van der Waals surface area (Å²) in [6.07, 6.45) is 3.28. The van der Waals surface area contributed by atoms with Crippen LogP contribution in [0.3, 0.4) is 0 Å². The van der Waals surface area contributed by atoms with Gasteiger partial charge in [-0.05, 0) is 49.5 Å². The molecule has 2 heteroatoms. The third-order valence-corrected chi connectivity index (χ3v) is 8.62. The molecule has 1 nitrogen and oxygen atoms in total. The lowest BCUT2D eigenvalue weighted by Crippen LogP contribution is -2.40. The van der Waals surface area contributed by atoms with E-state index in [1.54, 1.807) is 0 Å². The predicted octanol–water partition coefficient (Wildman–Crippen LogP) is 5.72. The minimum Gasteiger partial charge on any atom is -0.413 e. The maximum atomic E-state index is 6.28. The number of hydrogen-bond acceptors (Lipinski definition) is 1. The van der Waals surface area contributed by atoms with Crippen LogP contribution < -0.4 is 0 Å². The normalized spacial score (nSPS) is 12.3. The zero-order valence-electron chi connectivity index (χ0n) is 14.2. The fourth-order valence-corrected chi connectivity index (χ4v) is 2.61. The number of benzene rings is 1. The molecule has 0 saturated carbocycles. The van der Waals surface area contributed by atoms with Gasteiger partial charge in [0.2, 0.25) is 0 Å². The first-order valence-electron chi connectivity index (χ1n) is 7.47. The molecule has 1 aromatic carbocycles. The lowest BCUT2D eigenvalue weighted by molar-refractivity contribution is 0.276. The van der Waals surface area contributed by atoms with Crippen LogP contribution in [0.15, 0.2) is 35.9 Å². The minimum absolute atomic E-state index is 0.271. The molecule has 1 aromatic rings. The monoisotopic (exact) mass is 290 g/mol. The maximum absolute atomic E-state index is 6.28. The summed E-state index contributed by atoms with van der Waals surface area (Å²) in [5.41, 5.74) is 4.02. The van der Waals surface area contributed by atoms with Gasteiger partial charge in [-0.3, -0.25) is 0 Å². The summed E-state index contributed by atoms with van der Waals surface area (Å²) in [7, 11) is -1.65. The van der Waals surface area contributed by atoms with Crippen LogP contribution in [0.5, 0.6) is 0 Å². The molecule has 0 bridgehead atoms. The third-order valence-electron chi connectivity index (χ3n) is 4.14. The Morgan fingerprint density at radius 1 is 1.15 bits per heavy atom. The van der Waals surface area contributed by atoms with E-state index in [4.69, 9.17) is 4.43 Å². The molecule has 112 valence electrons. The Hall–Kier alpha value is -0.863. The molecule has 0 spiro atoms. The van der Waals surface area contributed by atoms with Gasteiger partial charge in [-0.1, -0.05) is 56.7 Å². The van der Waals surface area contributed by atoms with Gasteiger partial charge in [0.15, 0.2) is 8.32 Å². The molecule has 0 fully saturated rings. The largest absolute Gasteiger partial charge is 0.413 e. The van der Waals surface area contributed by atoms with Gasteiger partial charge < -0.3 is 4.43 Å². The molecule has 0 aliphatic carbocycles. The van der Waals surface area contributed by atoms with Crippen molar-refractivity contribution in [3.8, 4) is 0 Å². The zero-order valence-corrected chi connectivity index (χ0v) is 15.2. The van der Waals surface area contributed by atoms with Crippen molar-refractivity contribution in [2.75, 3.05) is 0 Å². The van der Waals surface area contributed by atoms with Crippen LogP contribution in [0.25, 0.3) is 0 Å². The zero-order chi connectivity index (χ0) is 15.4. The van der Waals surface area contributed by atoms with Crippen molar-refractivity contribution in [2.45, 2.75) is 65.8 Å². The molecule has 0 heterocycles. The second kappa shape index (κ2) is 6.73. The van der Waals surface area contributed by atoms with Crippen molar-refractivity contribution >= 4 is 8.32 Å². The van der Waals surface area contributed by atoms with Crippen LogP contribution in [0.1, 0.15) is 45.7 Å². The molecule has 1 rings (SSSR count). The van der Waals surface area contributed by atoms with Crippen molar-refractivity contribution in [2.24, 2.45) is 0 Å². The number of rotatable bonds is 5. The van der Waals surface area contributed by atoms with Crippen LogP contribution in [-0.2, 0) is 17.5 Å². The van der Waals surface area contributed by atoms with Gasteiger partial charge in [-0.25, -0.2) is 0 Å². The van der Waals surface area contributed by atoms with E-state index in [1.807, 2.05) is 0 Å². The second-order valence-corrected chi connectivity index (χ2v) is 12.2.